The fourth-order valence-electron chi connectivity index (χ4n) is 3.05. The first-order chi connectivity index (χ1) is 12.7. The van der Waals surface area contributed by atoms with Crippen LogP contribution >= 0.6 is 0 Å². The highest BCUT2D eigenvalue weighted by Crippen LogP contribution is 2.14. The SMILES string of the molecule is O=C(NC[C@H]1COCCO1)c1ccc(OCC(=O)N2CCCCC2)cc1. The molecule has 7 nitrogen and oxygen atoms in total. The molecule has 2 saturated heterocycles. The van der Waals surface area contributed by atoms with Gasteiger partial charge in [-0.05, 0) is 43.5 Å². The Labute approximate surface area is 153 Å². The van der Waals surface area contributed by atoms with E-state index < -0.39 is 0 Å². The Kier molecular flexibility index (Phi) is 6.85. The van der Waals surface area contributed by atoms with Crippen LogP contribution in [0.25, 0.3) is 0 Å². The Bertz CT molecular complexity index is 592. The van der Waals surface area contributed by atoms with Crippen molar-refractivity contribution in [2.75, 3.05) is 46.1 Å². The standard InChI is InChI=1S/C19H26N2O5/c22-18(21-8-2-1-3-9-21)14-26-16-6-4-15(5-7-16)19(23)20-12-17-13-24-10-11-25-17/h4-7,17H,1-3,8-14H2,(H,20,23)/t17-/m0/s1. The van der Waals surface area contributed by atoms with Gasteiger partial charge in [0.25, 0.3) is 11.8 Å². The summed E-state index contributed by atoms with van der Waals surface area (Å²) in [7, 11) is 0. The summed E-state index contributed by atoms with van der Waals surface area (Å²) in [4.78, 5) is 26.1. The maximum atomic E-state index is 12.2. The Morgan fingerprint density at radius 2 is 1.88 bits per heavy atom. The van der Waals surface area contributed by atoms with E-state index in [-0.39, 0.29) is 24.5 Å². The van der Waals surface area contributed by atoms with Crippen molar-refractivity contribution in [2.45, 2.75) is 25.4 Å². The summed E-state index contributed by atoms with van der Waals surface area (Å²) in [5.41, 5.74) is 0.538. The lowest BCUT2D eigenvalue weighted by atomic mass is 10.1. The lowest BCUT2D eigenvalue weighted by molar-refractivity contribution is -0.134. The second-order valence-electron chi connectivity index (χ2n) is 6.53. The third-order valence-corrected chi connectivity index (χ3v) is 4.56. The summed E-state index contributed by atoms with van der Waals surface area (Å²) in [6, 6.07) is 6.79. The molecular formula is C19H26N2O5. The predicted octanol–water partition coefficient (Wildman–Crippen LogP) is 1.22. The maximum Gasteiger partial charge on any atom is 0.260 e. The summed E-state index contributed by atoms with van der Waals surface area (Å²) < 4.78 is 16.3. The zero-order valence-corrected chi connectivity index (χ0v) is 14.9. The van der Waals surface area contributed by atoms with Crippen LogP contribution in [0.5, 0.6) is 5.75 Å². The number of benzene rings is 1. The molecule has 0 aromatic heterocycles. The van der Waals surface area contributed by atoms with E-state index in [1.165, 1.54) is 6.42 Å². The summed E-state index contributed by atoms with van der Waals surface area (Å²) in [5.74, 6) is 0.423. The molecule has 1 N–H and O–H groups in total. The number of hydrogen-bond acceptors (Lipinski definition) is 5. The quantitative estimate of drug-likeness (QED) is 0.823. The number of likely N-dealkylation sites (tertiary alicyclic amines) is 1. The van der Waals surface area contributed by atoms with E-state index in [9.17, 15) is 9.59 Å². The molecule has 1 atom stereocenters. The molecule has 2 aliphatic heterocycles. The minimum atomic E-state index is -0.171. The van der Waals surface area contributed by atoms with Gasteiger partial charge < -0.3 is 24.4 Å². The zero-order chi connectivity index (χ0) is 18.2. The number of hydrogen-bond donors (Lipinski definition) is 1. The van der Waals surface area contributed by atoms with Crippen LogP contribution in [-0.4, -0.2) is 68.9 Å². The molecule has 2 heterocycles. The Balaban J connectivity index is 1.42. The van der Waals surface area contributed by atoms with Crippen LogP contribution in [0.3, 0.4) is 0 Å². The van der Waals surface area contributed by atoms with Crippen LogP contribution in [-0.2, 0) is 14.3 Å². The molecule has 0 radical (unpaired) electrons. The fraction of sp³-hybridized carbons (Fsp3) is 0.579. The van der Waals surface area contributed by atoms with E-state index in [0.717, 1.165) is 25.9 Å². The van der Waals surface area contributed by atoms with Crippen molar-refractivity contribution in [1.82, 2.24) is 10.2 Å². The van der Waals surface area contributed by atoms with Crippen molar-refractivity contribution in [3.63, 3.8) is 0 Å². The molecule has 0 unspecified atom stereocenters. The highest BCUT2D eigenvalue weighted by atomic mass is 16.6. The van der Waals surface area contributed by atoms with Crippen molar-refractivity contribution < 1.29 is 23.8 Å². The van der Waals surface area contributed by atoms with Crippen molar-refractivity contribution in [3.05, 3.63) is 29.8 Å². The largest absolute Gasteiger partial charge is 0.484 e. The number of rotatable bonds is 6. The minimum Gasteiger partial charge on any atom is -0.484 e. The Morgan fingerprint density at radius 3 is 2.58 bits per heavy atom. The van der Waals surface area contributed by atoms with Crippen LogP contribution < -0.4 is 10.1 Å². The molecule has 0 spiro atoms. The lowest BCUT2D eigenvalue weighted by Gasteiger charge is -2.26. The summed E-state index contributed by atoms with van der Waals surface area (Å²) in [6.07, 6.45) is 3.21. The number of carbonyl (C=O) groups is 2. The number of carbonyl (C=O) groups excluding carboxylic acids is 2. The van der Waals surface area contributed by atoms with E-state index >= 15 is 0 Å². The number of nitrogens with zero attached hydrogens (tertiary/aromatic N) is 1. The van der Waals surface area contributed by atoms with Gasteiger partial charge in [0.1, 0.15) is 5.75 Å². The summed E-state index contributed by atoms with van der Waals surface area (Å²) >= 11 is 0. The lowest BCUT2D eigenvalue weighted by Crippen LogP contribution is -2.39. The van der Waals surface area contributed by atoms with E-state index in [4.69, 9.17) is 14.2 Å². The van der Waals surface area contributed by atoms with Gasteiger partial charge in [-0.25, -0.2) is 0 Å². The smallest absolute Gasteiger partial charge is 0.260 e. The molecule has 1 aromatic carbocycles. The van der Waals surface area contributed by atoms with Crippen LogP contribution in [0.1, 0.15) is 29.6 Å². The average Bonchev–Trinajstić information content (AvgIpc) is 2.72. The molecule has 7 heteroatoms. The van der Waals surface area contributed by atoms with Crippen molar-refractivity contribution in [1.29, 1.82) is 0 Å². The van der Waals surface area contributed by atoms with E-state index in [0.29, 0.717) is 37.7 Å². The van der Waals surface area contributed by atoms with Crippen LogP contribution in [0.15, 0.2) is 24.3 Å². The van der Waals surface area contributed by atoms with Gasteiger partial charge in [0.2, 0.25) is 0 Å². The number of amides is 2. The third kappa shape index (κ3) is 5.44. The van der Waals surface area contributed by atoms with Crippen LogP contribution in [0.4, 0.5) is 0 Å². The molecule has 142 valence electrons. The molecule has 0 aliphatic carbocycles. The molecule has 0 saturated carbocycles. The monoisotopic (exact) mass is 362 g/mol. The van der Waals surface area contributed by atoms with Gasteiger partial charge in [0, 0.05) is 25.2 Å². The molecule has 2 amide bonds. The second-order valence-corrected chi connectivity index (χ2v) is 6.53. The fourth-order valence-corrected chi connectivity index (χ4v) is 3.05. The molecule has 0 bridgehead atoms. The van der Waals surface area contributed by atoms with Crippen molar-refractivity contribution in [2.24, 2.45) is 0 Å². The van der Waals surface area contributed by atoms with Crippen LogP contribution in [0, 0.1) is 0 Å². The van der Waals surface area contributed by atoms with Gasteiger partial charge in [-0.3, -0.25) is 9.59 Å². The van der Waals surface area contributed by atoms with Gasteiger partial charge in [0.05, 0.1) is 25.9 Å². The number of nitrogens with one attached hydrogen (secondary N) is 1. The zero-order valence-electron chi connectivity index (χ0n) is 14.9. The first kappa shape index (κ1) is 18.7. The summed E-state index contributed by atoms with van der Waals surface area (Å²) in [6.45, 7) is 3.74. The first-order valence-corrected chi connectivity index (χ1v) is 9.20. The van der Waals surface area contributed by atoms with E-state index in [1.807, 2.05) is 4.90 Å². The highest BCUT2D eigenvalue weighted by Gasteiger charge is 2.17. The normalized spacial score (nSPS) is 20.5. The number of ether oxygens (including phenoxy) is 3. The topological polar surface area (TPSA) is 77.1 Å². The third-order valence-electron chi connectivity index (χ3n) is 4.56. The molecule has 2 aliphatic rings. The maximum absolute atomic E-state index is 12.2. The second kappa shape index (κ2) is 9.54. The van der Waals surface area contributed by atoms with E-state index in [1.54, 1.807) is 24.3 Å². The highest BCUT2D eigenvalue weighted by molar-refractivity contribution is 5.94. The van der Waals surface area contributed by atoms with Gasteiger partial charge >= 0.3 is 0 Å². The van der Waals surface area contributed by atoms with Crippen molar-refractivity contribution in [3.8, 4) is 5.75 Å². The molecule has 2 fully saturated rings. The van der Waals surface area contributed by atoms with E-state index in [2.05, 4.69) is 5.32 Å². The predicted molar refractivity (Wildman–Crippen MR) is 95.3 cm³/mol. The molecule has 26 heavy (non-hydrogen) atoms. The van der Waals surface area contributed by atoms with Gasteiger partial charge in [-0.1, -0.05) is 0 Å². The molecule has 3 rings (SSSR count). The Hall–Kier alpha value is -2.12. The van der Waals surface area contributed by atoms with Gasteiger partial charge in [-0.2, -0.15) is 0 Å². The molecule has 1 aromatic rings. The van der Waals surface area contributed by atoms with Crippen molar-refractivity contribution >= 4 is 11.8 Å². The average molecular weight is 362 g/mol. The Morgan fingerprint density at radius 1 is 1.12 bits per heavy atom. The molecular weight excluding hydrogens is 336 g/mol. The van der Waals surface area contributed by atoms with Gasteiger partial charge in [-0.15, -0.1) is 0 Å². The van der Waals surface area contributed by atoms with Gasteiger partial charge in [0.15, 0.2) is 6.61 Å². The summed E-state index contributed by atoms with van der Waals surface area (Å²) in [5, 5.41) is 2.84. The first-order valence-electron chi connectivity index (χ1n) is 9.20. The van der Waals surface area contributed by atoms with Crippen LogP contribution in [0.2, 0.25) is 0 Å². The minimum absolute atomic E-state index is 0.0150. The number of piperidine rings is 1.